The summed E-state index contributed by atoms with van der Waals surface area (Å²) in [6, 6.07) is 15.7. The maximum absolute atomic E-state index is 6.02. The van der Waals surface area contributed by atoms with E-state index in [1.807, 2.05) is 62.6 Å². The summed E-state index contributed by atoms with van der Waals surface area (Å²) in [5.74, 6) is 2.02. The molecule has 25 heavy (non-hydrogen) atoms. The van der Waals surface area contributed by atoms with Crippen molar-refractivity contribution >= 4 is 11.6 Å². The quantitative estimate of drug-likeness (QED) is 0.598. The molecule has 0 aromatic heterocycles. The van der Waals surface area contributed by atoms with Crippen molar-refractivity contribution in [3.05, 3.63) is 54.1 Å². The lowest BCUT2D eigenvalue weighted by atomic mass is 10.1. The molecule has 6 heteroatoms. The first kappa shape index (κ1) is 18.6. The number of hydrogen-bond donors (Lipinski definition) is 2. The molecule has 0 spiro atoms. The second kappa shape index (κ2) is 8.94. The van der Waals surface area contributed by atoms with Crippen LogP contribution < -0.4 is 20.5 Å². The van der Waals surface area contributed by atoms with E-state index >= 15 is 0 Å². The Labute approximate surface area is 149 Å². The summed E-state index contributed by atoms with van der Waals surface area (Å²) < 4.78 is 10.4. The average molecular weight is 342 g/mol. The van der Waals surface area contributed by atoms with Gasteiger partial charge in [0.25, 0.3) is 0 Å². The minimum absolute atomic E-state index is 0.127. The number of hydrogen-bond acceptors (Lipinski definition) is 4. The van der Waals surface area contributed by atoms with Crippen molar-refractivity contribution in [2.75, 3.05) is 40.2 Å². The average Bonchev–Trinajstić information content (AvgIpc) is 2.62. The number of benzene rings is 2. The number of guanidine groups is 1. The lowest BCUT2D eigenvalue weighted by molar-refractivity contribution is 0.306. The van der Waals surface area contributed by atoms with Crippen LogP contribution in [0.1, 0.15) is 11.6 Å². The molecule has 134 valence electrons. The van der Waals surface area contributed by atoms with Crippen LogP contribution >= 0.6 is 0 Å². The Kier molecular flexibility index (Phi) is 6.65. The van der Waals surface area contributed by atoms with Gasteiger partial charge in [-0.05, 0) is 56.1 Å². The molecule has 0 heterocycles. The minimum Gasteiger partial charge on any atom is -0.497 e. The van der Waals surface area contributed by atoms with Crippen molar-refractivity contribution in [3.8, 4) is 11.5 Å². The molecule has 1 atom stereocenters. The fraction of sp³-hybridized carbons (Fsp3) is 0.316. The molecule has 0 aliphatic rings. The Morgan fingerprint density at radius 1 is 1.00 bits per heavy atom. The third kappa shape index (κ3) is 5.39. The largest absolute Gasteiger partial charge is 0.497 e. The van der Waals surface area contributed by atoms with Gasteiger partial charge >= 0.3 is 0 Å². The van der Waals surface area contributed by atoms with Crippen molar-refractivity contribution < 1.29 is 9.47 Å². The number of nitrogens with zero attached hydrogens (tertiary/aromatic N) is 2. The van der Waals surface area contributed by atoms with Crippen LogP contribution in [0, 0.1) is 0 Å². The van der Waals surface area contributed by atoms with Crippen LogP contribution in [-0.2, 0) is 0 Å². The number of nitrogens with one attached hydrogen (secondary N) is 1. The molecular weight excluding hydrogens is 316 g/mol. The van der Waals surface area contributed by atoms with Crippen LogP contribution in [0.3, 0.4) is 0 Å². The van der Waals surface area contributed by atoms with Gasteiger partial charge in [-0.2, -0.15) is 0 Å². The second-order valence-corrected chi connectivity index (χ2v) is 5.83. The number of ether oxygens (including phenoxy) is 2. The van der Waals surface area contributed by atoms with Crippen molar-refractivity contribution in [1.29, 1.82) is 0 Å². The molecule has 2 aromatic carbocycles. The maximum Gasteiger partial charge on any atom is 0.193 e. The van der Waals surface area contributed by atoms with E-state index in [1.165, 1.54) is 0 Å². The standard InChI is InChI=1S/C19H26N4O2/c1-23(2)18(14-5-9-16(24-3)10-6-14)13-21-19(20)22-15-7-11-17(25-4)12-8-15/h5-12,18H,13H2,1-4H3,(H3,20,21,22). The van der Waals surface area contributed by atoms with E-state index in [0.29, 0.717) is 12.5 Å². The number of methoxy groups -OCH3 is 2. The predicted octanol–water partition coefficient (Wildman–Crippen LogP) is 2.73. The Hall–Kier alpha value is -2.73. The zero-order valence-corrected chi connectivity index (χ0v) is 15.2. The van der Waals surface area contributed by atoms with Crippen molar-refractivity contribution in [2.24, 2.45) is 10.7 Å². The van der Waals surface area contributed by atoms with Gasteiger partial charge in [-0.3, -0.25) is 4.99 Å². The third-order valence-electron chi connectivity index (χ3n) is 3.92. The first-order chi connectivity index (χ1) is 12.0. The topological polar surface area (TPSA) is 72.1 Å². The van der Waals surface area contributed by atoms with Gasteiger partial charge in [0.15, 0.2) is 5.96 Å². The fourth-order valence-electron chi connectivity index (χ4n) is 2.44. The second-order valence-electron chi connectivity index (χ2n) is 5.83. The zero-order chi connectivity index (χ0) is 18.2. The van der Waals surface area contributed by atoms with Gasteiger partial charge in [-0.25, -0.2) is 0 Å². The summed E-state index contributed by atoms with van der Waals surface area (Å²) in [4.78, 5) is 6.60. The highest BCUT2D eigenvalue weighted by Gasteiger charge is 2.14. The highest BCUT2D eigenvalue weighted by Crippen LogP contribution is 2.21. The van der Waals surface area contributed by atoms with Gasteiger partial charge in [0.2, 0.25) is 0 Å². The molecule has 0 saturated heterocycles. The van der Waals surface area contributed by atoms with Gasteiger partial charge in [-0.15, -0.1) is 0 Å². The first-order valence-corrected chi connectivity index (χ1v) is 8.05. The van der Waals surface area contributed by atoms with Crippen molar-refractivity contribution in [1.82, 2.24) is 4.90 Å². The number of rotatable bonds is 7. The summed E-state index contributed by atoms with van der Waals surface area (Å²) in [6.07, 6.45) is 0. The van der Waals surface area contributed by atoms with Gasteiger partial charge in [0.1, 0.15) is 11.5 Å². The zero-order valence-electron chi connectivity index (χ0n) is 15.2. The molecule has 2 rings (SSSR count). The molecule has 0 bridgehead atoms. The minimum atomic E-state index is 0.127. The van der Waals surface area contributed by atoms with E-state index in [9.17, 15) is 0 Å². The lowest BCUT2D eigenvalue weighted by Crippen LogP contribution is -2.27. The molecule has 2 aromatic rings. The van der Waals surface area contributed by atoms with Gasteiger partial charge in [0, 0.05) is 5.69 Å². The molecular formula is C19H26N4O2. The van der Waals surface area contributed by atoms with Crippen LogP contribution in [-0.4, -0.2) is 45.7 Å². The highest BCUT2D eigenvalue weighted by atomic mass is 16.5. The Morgan fingerprint density at radius 2 is 1.52 bits per heavy atom. The number of nitrogens with two attached hydrogens (primary N) is 1. The van der Waals surface area contributed by atoms with Crippen LogP contribution in [0.5, 0.6) is 11.5 Å². The van der Waals surface area contributed by atoms with E-state index in [0.717, 1.165) is 22.7 Å². The normalized spacial score (nSPS) is 12.8. The van der Waals surface area contributed by atoms with E-state index in [4.69, 9.17) is 15.2 Å². The van der Waals surface area contributed by atoms with Crippen LogP contribution in [0.2, 0.25) is 0 Å². The van der Waals surface area contributed by atoms with Gasteiger partial charge in [0.05, 0.1) is 26.8 Å². The molecule has 0 aliphatic carbocycles. The van der Waals surface area contributed by atoms with Gasteiger partial charge < -0.3 is 25.4 Å². The van der Waals surface area contributed by atoms with Crippen molar-refractivity contribution in [3.63, 3.8) is 0 Å². The molecule has 0 aliphatic heterocycles. The lowest BCUT2D eigenvalue weighted by Gasteiger charge is -2.23. The molecule has 3 N–H and O–H groups in total. The summed E-state index contributed by atoms with van der Waals surface area (Å²) in [7, 11) is 7.35. The van der Waals surface area contributed by atoms with Gasteiger partial charge in [-0.1, -0.05) is 12.1 Å². The monoisotopic (exact) mass is 342 g/mol. The van der Waals surface area contributed by atoms with E-state index < -0.39 is 0 Å². The van der Waals surface area contributed by atoms with E-state index in [2.05, 4.69) is 15.2 Å². The number of anilines is 1. The van der Waals surface area contributed by atoms with E-state index in [-0.39, 0.29) is 6.04 Å². The van der Waals surface area contributed by atoms with Crippen molar-refractivity contribution in [2.45, 2.75) is 6.04 Å². The van der Waals surface area contributed by atoms with Crippen LogP contribution in [0.4, 0.5) is 5.69 Å². The molecule has 0 amide bonds. The predicted molar refractivity (Wildman–Crippen MR) is 103 cm³/mol. The molecule has 0 fully saturated rings. The smallest absolute Gasteiger partial charge is 0.193 e. The Morgan fingerprint density at radius 3 is 2.00 bits per heavy atom. The Bertz CT molecular complexity index is 682. The number of likely N-dealkylation sites (N-methyl/N-ethyl adjacent to an activating group) is 1. The maximum atomic E-state index is 6.02. The Balaban J connectivity index is 2.03. The van der Waals surface area contributed by atoms with Crippen LogP contribution in [0.15, 0.2) is 53.5 Å². The summed E-state index contributed by atoms with van der Waals surface area (Å²) in [6.45, 7) is 0.550. The number of aliphatic imine (C=N–C) groups is 1. The summed E-state index contributed by atoms with van der Waals surface area (Å²) in [5.41, 5.74) is 8.05. The molecule has 6 nitrogen and oxygen atoms in total. The van der Waals surface area contributed by atoms with E-state index in [1.54, 1.807) is 14.2 Å². The third-order valence-corrected chi connectivity index (χ3v) is 3.92. The first-order valence-electron chi connectivity index (χ1n) is 8.05. The molecule has 0 saturated carbocycles. The molecule has 0 radical (unpaired) electrons. The van der Waals surface area contributed by atoms with Crippen LogP contribution in [0.25, 0.3) is 0 Å². The molecule has 1 unspecified atom stereocenters. The summed E-state index contributed by atoms with van der Waals surface area (Å²) in [5, 5.41) is 3.09. The summed E-state index contributed by atoms with van der Waals surface area (Å²) >= 11 is 0. The fourth-order valence-corrected chi connectivity index (χ4v) is 2.44. The SMILES string of the molecule is COc1ccc(NC(N)=NCC(c2ccc(OC)cc2)N(C)C)cc1. The highest BCUT2D eigenvalue weighted by molar-refractivity contribution is 5.92.